The van der Waals surface area contributed by atoms with Gasteiger partial charge in [-0.3, -0.25) is 13.8 Å². The molecular formula is C14H18N2O3S. The number of carbonyl (C=O) groups excluding carboxylic acids is 2. The Morgan fingerprint density at radius 3 is 2.95 bits per heavy atom. The molecule has 0 spiro atoms. The highest BCUT2D eigenvalue weighted by molar-refractivity contribution is 7.84. The smallest absolute Gasteiger partial charge is 0.251 e. The molecule has 0 bridgehead atoms. The van der Waals surface area contributed by atoms with E-state index in [1.165, 1.54) is 0 Å². The van der Waals surface area contributed by atoms with E-state index in [4.69, 9.17) is 0 Å². The van der Waals surface area contributed by atoms with E-state index in [-0.39, 0.29) is 17.1 Å². The van der Waals surface area contributed by atoms with Gasteiger partial charge in [0.25, 0.3) is 5.91 Å². The fourth-order valence-corrected chi connectivity index (χ4v) is 2.46. The van der Waals surface area contributed by atoms with Crippen LogP contribution in [-0.2, 0) is 22.0 Å². The van der Waals surface area contributed by atoms with Crippen molar-refractivity contribution in [2.45, 2.75) is 25.0 Å². The van der Waals surface area contributed by atoms with Gasteiger partial charge in [0.1, 0.15) is 0 Å². The Labute approximate surface area is 120 Å². The topological polar surface area (TPSA) is 75.3 Å². The van der Waals surface area contributed by atoms with Gasteiger partial charge in [-0.25, -0.2) is 0 Å². The van der Waals surface area contributed by atoms with Gasteiger partial charge in [0, 0.05) is 40.1 Å². The third kappa shape index (κ3) is 3.45. The summed E-state index contributed by atoms with van der Waals surface area (Å²) in [6.45, 7) is 2.39. The van der Waals surface area contributed by atoms with Crippen molar-refractivity contribution < 1.29 is 13.8 Å². The zero-order valence-corrected chi connectivity index (χ0v) is 12.4. The SMILES string of the molecule is CC(CCNC(=O)c1ccc2c(c1)NC(=O)C2)S(C)=O. The van der Waals surface area contributed by atoms with Gasteiger partial charge in [-0.1, -0.05) is 13.0 Å². The lowest BCUT2D eigenvalue weighted by atomic mass is 10.1. The molecule has 0 saturated carbocycles. The second-order valence-corrected chi connectivity index (χ2v) is 6.75. The molecule has 1 aliphatic rings. The number of carbonyl (C=O) groups is 2. The number of amides is 2. The normalized spacial score (nSPS) is 16.2. The van der Waals surface area contributed by atoms with Crippen molar-refractivity contribution in [3.05, 3.63) is 29.3 Å². The molecule has 0 aromatic heterocycles. The molecule has 0 aliphatic carbocycles. The van der Waals surface area contributed by atoms with Crippen molar-refractivity contribution in [1.29, 1.82) is 0 Å². The largest absolute Gasteiger partial charge is 0.352 e. The highest BCUT2D eigenvalue weighted by atomic mass is 32.2. The van der Waals surface area contributed by atoms with Gasteiger partial charge in [-0.15, -0.1) is 0 Å². The Kier molecular flexibility index (Phi) is 4.54. The van der Waals surface area contributed by atoms with Gasteiger partial charge in [0.15, 0.2) is 0 Å². The average Bonchev–Trinajstić information content (AvgIpc) is 2.77. The van der Waals surface area contributed by atoms with E-state index in [9.17, 15) is 13.8 Å². The maximum absolute atomic E-state index is 12.0. The summed E-state index contributed by atoms with van der Waals surface area (Å²) in [5.74, 6) is -0.222. The van der Waals surface area contributed by atoms with Crippen LogP contribution in [0.2, 0.25) is 0 Å². The fourth-order valence-electron chi connectivity index (χ4n) is 2.01. The van der Waals surface area contributed by atoms with Crippen LogP contribution in [-0.4, -0.2) is 34.1 Å². The summed E-state index contributed by atoms with van der Waals surface area (Å²) < 4.78 is 11.2. The van der Waals surface area contributed by atoms with E-state index in [0.717, 1.165) is 5.56 Å². The molecule has 0 radical (unpaired) electrons. The maximum atomic E-state index is 12.0. The van der Waals surface area contributed by atoms with Crippen LogP contribution in [0.15, 0.2) is 18.2 Å². The maximum Gasteiger partial charge on any atom is 0.251 e. The van der Waals surface area contributed by atoms with Crippen LogP contribution in [0, 0.1) is 0 Å². The van der Waals surface area contributed by atoms with Gasteiger partial charge in [-0.05, 0) is 24.1 Å². The monoisotopic (exact) mass is 294 g/mol. The molecule has 1 aromatic carbocycles. The second-order valence-electron chi connectivity index (χ2n) is 4.95. The first-order valence-electron chi connectivity index (χ1n) is 6.50. The molecule has 1 aromatic rings. The van der Waals surface area contributed by atoms with E-state index < -0.39 is 10.8 Å². The molecule has 2 amide bonds. The number of hydrogen-bond donors (Lipinski definition) is 2. The van der Waals surface area contributed by atoms with Crippen LogP contribution < -0.4 is 10.6 Å². The van der Waals surface area contributed by atoms with Crippen LogP contribution in [0.4, 0.5) is 5.69 Å². The summed E-state index contributed by atoms with van der Waals surface area (Å²) in [5, 5.41) is 5.59. The number of rotatable bonds is 5. The third-order valence-corrected chi connectivity index (χ3v) is 4.77. The molecule has 20 heavy (non-hydrogen) atoms. The molecule has 2 rings (SSSR count). The van der Waals surface area contributed by atoms with Gasteiger partial charge in [0.2, 0.25) is 5.91 Å². The van der Waals surface area contributed by atoms with Crippen LogP contribution in [0.25, 0.3) is 0 Å². The fraction of sp³-hybridized carbons (Fsp3) is 0.429. The summed E-state index contributed by atoms with van der Waals surface area (Å²) >= 11 is 0. The number of anilines is 1. The predicted molar refractivity (Wildman–Crippen MR) is 79.3 cm³/mol. The molecule has 2 atom stereocenters. The van der Waals surface area contributed by atoms with E-state index >= 15 is 0 Å². The van der Waals surface area contributed by atoms with Crippen molar-refractivity contribution in [2.75, 3.05) is 18.1 Å². The minimum absolute atomic E-state index is 0.0446. The Hall–Kier alpha value is -1.69. The van der Waals surface area contributed by atoms with Crippen molar-refractivity contribution in [3.63, 3.8) is 0 Å². The molecular weight excluding hydrogens is 276 g/mol. The second kappa shape index (κ2) is 6.17. The van der Waals surface area contributed by atoms with Gasteiger partial charge in [0.05, 0.1) is 6.42 Å². The number of fused-ring (bicyclic) bond motifs is 1. The lowest BCUT2D eigenvalue weighted by Gasteiger charge is -2.10. The highest BCUT2D eigenvalue weighted by Gasteiger charge is 2.19. The van der Waals surface area contributed by atoms with Crippen LogP contribution in [0.3, 0.4) is 0 Å². The summed E-state index contributed by atoms with van der Waals surface area (Å²) in [7, 11) is -0.872. The molecule has 1 heterocycles. The average molecular weight is 294 g/mol. The molecule has 0 saturated heterocycles. The zero-order valence-electron chi connectivity index (χ0n) is 11.6. The Balaban J connectivity index is 1.92. The molecule has 0 fully saturated rings. The quantitative estimate of drug-likeness (QED) is 0.853. The Morgan fingerprint density at radius 2 is 2.25 bits per heavy atom. The lowest BCUT2D eigenvalue weighted by molar-refractivity contribution is -0.115. The molecule has 5 nitrogen and oxygen atoms in total. The third-order valence-electron chi connectivity index (χ3n) is 3.40. The summed E-state index contributed by atoms with van der Waals surface area (Å²) in [5.41, 5.74) is 2.16. The highest BCUT2D eigenvalue weighted by Crippen LogP contribution is 2.23. The van der Waals surface area contributed by atoms with E-state index in [1.54, 1.807) is 24.5 Å². The molecule has 2 unspecified atom stereocenters. The number of nitrogens with one attached hydrogen (secondary N) is 2. The van der Waals surface area contributed by atoms with Crippen molar-refractivity contribution in [1.82, 2.24) is 5.32 Å². The molecule has 2 N–H and O–H groups in total. The Morgan fingerprint density at radius 1 is 1.50 bits per heavy atom. The lowest BCUT2D eigenvalue weighted by Crippen LogP contribution is -2.27. The first-order chi connectivity index (χ1) is 9.47. The minimum atomic E-state index is -0.872. The predicted octanol–water partition coefficient (Wildman–Crippen LogP) is 1.07. The first-order valence-corrected chi connectivity index (χ1v) is 8.12. The molecule has 1 aliphatic heterocycles. The summed E-state index contributed by atoms with van der Waals surface area (Å²) in [6, 6.07) is 5.21. The van der Waals surface area contributed by atoms with E-state index in [1.807, 2.05) is 6.92 Å². The minimum Gasteiger partial charge on any atom is -0.352 e. The first kappa shape index (κ1) is 14.7. The summed E-state index contributed by atoms with van der Waals surface area (Å²) in [4.78, 5) is 23.2. The van der Waals surface area contributed by atoms with Crippen LogP contribution in [0.5, 0.6) is 0 Å². The molecule has 108 valence electrons. The standard InChI is InChI=1S/C14H18N2O3S/c1-9(20(2)19)5-6-15-14(18)11-4-3-10-8-13(17)16-12(10)7-11/h3-4,7,9H,5-6,8H2,1-2H3,(H,15,18)(H,16,17). The zero-order chi connectivity index (χ0) is 14.7. The van der Waals surface area contributed by atoms with Gasteiger partial charge >= 0.3 is 0 Å². The van der Waals surface area contributed by atoms with E-state index in [2.05, 4.69) is 10.6 Å². The van der Waals surface area contributed by atoms with Crippen LogP contribution >= 0.6 is 0 Å². The van der Waals surface area contributed by atoms with Crippen molar-refractivity contribution in [3.8, 4) is 0 Å². The van der Waals surface area contributed by atoms with Crippen molar-refractivity contribution in [2.24, 2.45) is 0 Å². The van der Waals surface area contributed by atoms with Gasteiger partial charge < -0.3 is 10.6 Å². The van der Waals surface area contributed by atoms with E-state index in [0.29, 0.717) is 30.6 Å². The van der Waals surface area contributed by atoms with Crippen LogP contribution in [0.1, 0.15) is 29.3 Å². The summed E-state index contributed by atoms with van der Waals surface area (Å²) in [6.07, 6.45) is 2.71. The van der Waals surface area contributed by atoms with Crippen molar-refractivity contribution >= 4 is 28.3 Å². The van der Waals surface area contributed by atoms with Gasteiger partial charge in [-0.2, -0.15) is 0 Å². The number of hydrogen-bond acceptors (Lipinski definition) is 3. The number of benzene rings is 1. The Bertz CT molecular complexity index is 572. The molecule has 6 heteroatoms.